The fourth-order valence-electron chi connectivity index (χ4n) is 4.60. The Morgan fingerprint density at radius 3 is 2.42 bits per heavy atom. The van der Waals surface area contributed by atoms with Gasteiger partial charge in [-0.15, -0.1) is 0 Å². The number of amides is 2. The summed E-state index contributed by atoms with van der Waals surface area (Å²) >= 11 is 5.65. The van der Waals surface area contributed by atoms with Crippen LogP contribution >= 0.6 is 11.6 Å². The van der Waals surface area contributed by atoms with Gasteiger partial charge >= 0.3 is 0 Å². The highest BCUT2D eigenvalue weighted by Gasteiger charge is 2.55. The van der Waals surface area contributed by atoms with Crippen LogP contribution in [0.1, 0.15) is 32.1 Å². The molecule has 1 aromatic heterocycles. The summed E-state index contributed by atoms with van der Waals surface area (Å²) in [4.78, 5) is 28.9. The number of fused-ring (bicyclic) bond motifs is 3. The van der Waals surface area contributed by atoms with Crippen LogP contribution in [0.2, 0.25) is 5.02 Å². The Morgan fingerprint density at radius 2 is 1.79 bits per heavy atom. The van der Waals surface area contributed by atoms with Crippen LogP contribution in [0.3, 0.4) is 0 Å². The Bertz CT molecular complexity index is 1010. The van der Waals surface area contributed by atoms with Gasteiger partial charge in [0, 0.05) is 17.8 Å². The Balaban J connectivity index is 1.28. The van der Waals surface area contributed by atoms with Gasteiger partial charge in [-0.1, -0.05) is 11.6 Å². The minimum Gasteiger partial charge on any atom is -0.484 e. The van der Waals surface area contributed by atoms with E-state index in [0.717, 1.165) is 6.07 Å². The number of nitrogens with one attached hydrogen (secondary N) is 2. The zero-order valence-corrected chi connectivity index (χ0v) is 18.6. The minimum absolute atomic E-state index is 0.0247. The lowest BCUT2D eigenvalue weighted by molar-refractivity contribution is -0.137. The summed E-state index contributed by atoms with van der Waals surface area (Å²) in [5, 5.41) is 16.7. The molecule has 3 fully saturated rings. The van der Waals surface area contributed by atoms with Gasteiger partial charge in [0.2, 0.25) is 0 Å². The van der Waals surface area contributed by atoms with Crippen molar-refractivity contribution >= 4 is 23.4 Å². The van der Waals surface area contributed by atoms with Crippen LogP contribution in [0, 0.1) is 5.82 Å². The highest BCUT2D eigenvalue weighted by Crippen LogP contribution is 2.47. The third kappa shape index (κ3) is 5.36. The normalized spacial score (nSPS) is 25.8. The molecule has 1 aromatic carbocycles. The minimum atomic E-state index is -0.811. The van der Waals surface area contributed by atoms with Gasteiger partial charge in [0.25, 0.3) is 11.8 Å². The predicted molar refractivity (Wildman–Crippen MR) is 117 cm³/mol. The van der Waals surface area contributed by atoms with Crippen LogP contribution in [0.25, 0.3) is 0 Å². The molecule has 0 aliphatic heterocycles. The highest BCUT2D eigenvalue weighted by molar-refractivity contribution is 6.30. The van der Waals surface area contributed by atoms with Crippen molar-refractivity contribution in [2.75, 3.05) is 13.2 Å². The second-order valence-corrected chi connectivity index (χ2v) is 9.00. The molecule has 3 aliphatic carbocycles. The molecule has 0 radical (unpaired) electrons. The molecule has 2 aromatic rings. The monoisotopic (exact) mass is 477 g/mol. The Labute approximate surface area is 195 Å². The summed E-state index contributed by atoms with van der Waals surface area (Å²) in [6.45, 7) is -0.461. The quantitative estimate of drug-likeness (QED) is 0.538. The first-order chi connectivity index (χ1) is 15.8. The highest BCUT2D eigenvalue weighted by atomic mass is 35.5. The summed E-state index contributed by atoms with van der Waals surface area (Å²) in [6.07, 6.45) is 4.90. The van der Waals surface area contributed by atoms with E-state index in [0.29, 0.717) is 37.9 Å². The van der Waals surface area contributed by atoms with Crippen molar-refractivity contribution in [3.63, 3.8) is 0 Å². The van der Waals surface area contributed by atoms with Crippen molar-refractivity contribution in [1.29, 1.82) is 0 Å². The van der Waals surface area contributed by atoms with Crippen molar-refractivity contribution in [2.24, 2.45) is 0 Å². The molecule has 176 valence electrons. The molecule has 3 aliphatic rings. The standard InChI is InChI=1S/C23H25ClFN3O5/c24-17-4-3-15(10-18(17)25)32-13-20(30)27-22-5-7-23(8-6-22,19(29)11-22)28-21(31)14-33-16-2-1-9-26-12-16/h1-4,9-10,12,19,29H,5-8,11,13-14H2,(H,27,30)(H,28,31)/t19-,22?,23?/m1/s1. The van der Waals surface area contributed by atoms with Gasteiger partial charge in [-0.25, -0.2) is 4.39 Å². The number of pyridine rings is 1. The largest absolute Gasteiger partial charge is 0.484 e. The van der Waals surface area contributed by atoms with Crippen LogP contribution in [-0.2, 0) is 9.59 Å². The third-order valence-corrected chi connectivity index (χ3v) is 6.69. The lowest BCUT2D eigenvalue weighted by Crippen LogP contribution is -2.70. The molecule has 0 spiro atoms. The second-order valence-electron chi connectivity index (χ2n) is 8.59. The summed E-state index contributed by atoms with van der Waals surface area (Å²) < 4.78 is 24.3. The Hall–Kier alpha value is -2.91. The van der Waals surface area contributed by atoms with Gasteiger partial charge < -0.3 is 25.2 Å². The van der Waals surface area contributed by atoms with E-state index in [4.69, 9.17) is 21.1 Å². The molecule has 5 rings (SSSR count). The van der Waals surface area contributed by atoms with Crippen LogP contribution in [-0.4, -0.2) is 52.3 Å². The fraction of sp³-hybridized carbons (Fsp3) is 0.435. The molecule has 1 atom stereocenters. The molecule has 10 heteroatoms. The van der Waals surface area contributed by atoms with E-state index in [1.807, 2.05) is 0 Å². The number of aliphatic hydroxyl groups excluding tert-OH is 1. The van der Waals surface area contributed by atoms with Crippen molar-refractivity contribution < 1.29 is 28.6 Å². The average Bonchev–Trinajstić information content (AvgIpc) is 2.80. The fourth-order valence-corrected chi connectivity index (χ4v) is 4.72. The van der Waals surface area contributed by atoms with Gasteiger partial charge in [-0.2, -0.15) is 0 Å². The van der Waals surface area contributed by atoms with Crippen molar-refractivity contribution in [1.82, 2.24) is 15.6 Å². The molecule has 0 unspecified atom stereocenters. The molecule has 1 heterocycles. The average molecular weight is 478 g/mol. The van der Waals surface area contributed by atoms with E-state index in [2.05, 4.69) is 15.6 Å². The molecule has 8 nitrogen and oxygen atoms in total. The first-order valence-corrected chi connectivity index (χ1v) is 11.1. The molecule has 33 heavy (non-hydrogen) atoms. The van der Waals surface area contributed by atoms with E-state index in [1.165, 1.54) is 18.3 Å². The van der Waals surface area contributed by atoms with Gasteiger partial charge in [0.1, 0.15) is 17.3 Å². The van der Waals surface area contributed by atoms with E-state index in [9.17, 15) is 19.1 Å². The number of rotatable bonds is 8. The lowest BCUT2D eigenvalue weighted by Gasteiger charge is -2.56. The van der Waals surface area contributed by atoms with E-state index < -0.39 is 23.0 Å². The summed E-state index contributed by atoms with van der Waals surface area (Å²) in [5.74, 6) is -0.615. The van der Waals surface area contributed by atoms with Crippen molar-refractivity contribution in [3.8, 4) is 11.5 Å². The second kappa shape index (κ2) is 9.52. The Kier molecular flexibility index (Phi) is 6.71. The Morgan fingerprint density at radius 1 is 1.09 bits per heavy atom. The number of hydrogen-bond acceptors (Lipinski definition) is 6. The van der Waals surface area contributed by atoms with Gasteiger partial charge in [0.15, 0.2) is 13.2 Å². The molecule has 3 saturated carbocycles. The first-order valence-electron chi connectivity index (χ1n) is 10.7. The van der Waals surface area contributed by atoms with Gasteiger partial charge in [-0.05, 0) is 56.4 Å². The number of halogens is 2. The number of hydrogen-bond donors (Lipinski definition) is 3. The summed E-state index contributed by atoms with van der Waals surface area (Å²) in [7, 11) is 0. The SMILES string of the molecule is O=C(COc1ccc(Cl)c(F)c1)NC12CCC(NC(=O)COc3cccnc3)(CC1)[C@H](O)C2. The summed E-state index contributed by atoms with van der Waals surface area (Å²) in [5.41, 5.74) is -1.30. The molecule has 2 bridgehead atoms. The zero-order valence-electron chi connectivity index (χ0n) is 17.9. The molecule has 0 saturated heterocycles. The molecule has 3 N–H and O–H groups in total. The summed E-state index contributed by atoms with van der Waals surface area (Å²) in [6, 6.07) is 7.38. The van der Waals surface area contributed by atoms with E-state index in [1.54, 1.807) is 18.3 Å². The number of nitrogens with zero attached hydrogens (tertiary/aromatic N) is 1. The number of carbonyl (C=O) groups is 2. The molecular formula is C23H25ClFN3O5. The van der Waals surface area contributed by atoms with E-state index in [-0.39, 0.29) is 35.8 Å². The van der Waals surface area contributed by atoms with Crippen LogP contribution in [0.15, 0.2) is 42.7 Å². The third-order valence-electron chi connectivity index (χ3n) is 6.38. The van der Waals surface area contributed by atoms with Crippen molar-refractivity contribution in [2.45, 2.75) is 49.3 Å². The number of carbonyl (C=O) groups excluding carboxylic acids is 2. The van der Waals surface area contributed by atoms with E-state index >= 15 is 0 Å². The number of aromatic nitrogens is 1. The number of ether oxygens (including phenoxy) is 2. The number of aliphatic hydroxyl groups is 1. The predicted octanol–water partition coefficient (Wildman–Crippen LogP) is 2.38. The smallest absolute Gasteiger partial charge is 0.258 e. The van der Waals surface area contributed by atoms with Gasteiger partial charge in [0.05, 0.1) is 22.9 Å². The maximum absolute atomic E-state index is 13.5. The van der Waals surface area contributed by atoms with Crippen LogP contribution < -0.4 is 20.1 Å². The van der Waals surface area contributed by atoms with Gasteiger partial charge in [-0.3, -0.25) is 14.6 Å². The topological polar surface area (TPSA) is 110 Å². The molecule has 2 amide bonds. The lowest BCUT2D eigenvalue weighted by atomic mass is 9.60. The molecular weight excluding hydrogens is 453 g/mol. The van der Waals surface area contributed by atoms with Crippen LogP contribution in [0.4, 0.5) is 4.39 Å². The number of benzene rings is 1. The van der Waals surface area contributed by atoms with Crippen LogP contribution in [0.5, 0.6) is 11.5 Å². The first kappa shape index (κ1) is 23.3. The maximum Gasteiger partial charge on any atom is 0.258 e. The van der Waals surface area contributed by atoms with Crippen molar-refractivity contribution in [3.05, 3.63) is 53.6 Å². The zero-order chi connectivity index (χ0) is 23.5. The maximum atomic E-state index is 13.5.